The van der Waals surface area contributed by atoms with Crippen LogP contribution in [0.1, 0.15) is 5.56 Å². The predicted octanol–water partition coefficient (Wildman–Crippen LogP) is 0.947. The van der Waals surface area contributed by atoms with Crippen LogP contribution in [0, 0.1) is 0 Å². The molecule has 0 amide bonds. The van der Waals surface area contributed by atoms with Gasteiger partial charge < -0.3 is 10.2 Å². The summed E-state index contributed by atoms with van der Waals surface area (Å²) in [6.45, 7) is 0.665. The highest BCUT2D eigenvalue weighted by molar-refractivity contribution is 5.53. The van der Waals surface area contributed by atoms with Crippen molar-refractivity contribution in [2.45, 2.75) is 6.54 Å². The number of ether oxygens (including phenoxy) is 1. The zero-order chi connectivity index (χ0) is 10.2. The van der Waals surface area contributed by atoms with Crippen LogP contribution in [0.15, 0.2) is 29.3 Å². The highest BCUT2D eigenvalue weighted by Crippen LogP contribution is 2.11. The Kier molecular flexibility index (Phi) is 4.50. The highest BCUT2D eigenvalue weighted by Gasteiger charge is 1.91. The Bertz CT molecular complexity index is 282. The van der Waals surface area contributed by atoms with Crippen LogP contribution in [0.4, 0.5) is 0 Å². The molecule has 1 aromatic carbocycles. The van der Waals surface area contributed by atoms with Crippen LogP contribution in [0.3, 0.4) is 0 Å². The summed E-state index contributed by atoms with van der Waals surface area (Å²) < 4.78 is 5.05. The topological polar surface area (TPSA) is 45.7 Å². The maximum Gasteiger partial charge on any atom is 0.118 e. The van der Waals surface area contributed by atoms with Gasteiger partial charge in [-0.2, -0.15) is 0 Å². The lowest BCUT2D eigenvalue weighted by molar-refractivity contribution is 0.414. The monoisotopic (exact) mass is 193 g/mol. The van der Waals surface area contributed by atoms with Crippen LogP contribution in [0.5, 0.6) is 5.75 Å². The molecule has 2 N–H and O–H groups in total. The molecule has 0 aliphatic rings. The molecule has 0 atom stereocenters. The molecule has 0 unspecified atom stereocenters. The van der Waals surface area contributed by atoms with Crippen LogP contribution in [-0.4, -0.2) is 20.5 Å². The molecule has 0 aliphatic heterocycles. The van der Waals surface area contributed by atoms with Crippen LogP contribution >= 0.6 is 0 Å². The third-order valence-corrected chi connectivity index (χ3v) is 1.73. The lowest BCUT2D eigenvalue weighted by Crippen LogP contribution is -2.25. The molecule has 0 bridgehead atoms. The molecule has 0 saturated carbocycles. The minimum absolute atomic E-state index is 0.665. The standard InChI is InChI=1S/C10H15N3O/c1-11-13-8-12-7-9-3-5-10(14-2)6-4-9/h3-6,8,11H,7H2,1-2H3,(H,12,13). The van der Waals surface area contributed by atoms with Crippen LogP contribution < -0.4 is 15.6 Å². The smallest absolute Gasteiger partial charge is 0.118 e. The molecule has 0 fully saturated rings. The second kappa shape index (κ2) is 5.99. The molecule has 0 heterocycles. The molecule has 0 spiro atoms. The number of hydrazine groups is 1. The Labute approximate surface area is 84.0 Å². The van der Waals surface area contributed by atoms with Crippen molar-refractivity contribution in [3.8, 4) is 5.75 Å². The van der Waals surface area contributed by atoms with Gasteiger partial charge in [-0.3, -0.25) is 4.99 Å². The van der Waals surface area contributed by atoms with Gasteiger partial charge in [-0.25, -0.2) is 5.43 Å². The number of benzene rings is 1. The molecule has 4 heteroatoms. The van der Waals surface area contributed by atoms with Crippen molar-refractivity contribution in [2.24, 2.45) is 4.99 Å². The molecule has 1 rings (SSSR count). The van der Waals surface area contributed by atoms with Gasteiger partial charge in [-0.05, 0) is 17.7 Å². The number of nitrogens with zero attached hydrogens (tertiary/aromatic N) is 1. The highest BCUT2D eigenvalue weighted by atomic mass is 16.5. The quantitative estimate of drug-likeness (QED) is 0.416. The predicted molar refractivity (Wildman–Crippen MR) is 57.4 cm³/mol. The lowest BCUT2D eigenvalue weighted by Gasteiger charge is -2.00. The van der Waals surface area contributed by atoms with Gasteiger partial charge in [0.25, 0.3) is 0 Å². The average molecular weight is 193 g/mol. The van der Waals surface area contributed by atoms with E-state index in [2.05, 4.69) is 15.8 Å². The van der Waals surface area contributed by atoms with Gasteiger partial charge in [-0.1, -0.05) is 12.1 Å². The van der Waals surface area contributed by atoms with E-state index in [1.165, 1.54) is 0 Å². The number of aliphatic imine (C=N–C) groups is 1. The summed E-state index contributed by atoms with van der Waals surface area (Å²) in [7, 11) is 3.45. The number of rotatable bonds is 5. The Hall–Kier alpha value is -1.55. The van der Waals surface area contributed by atoms with Crippen LogP contribution in [0.25, 0.3) is 0 Å². The number of hydrogen-bond acceptors (Lipinski definition) is 3. The maximum absolute atomic E-state index is 5.05. The first-order chi connectivity index (χ1) is 6.86. The Balaban J connectivity index is 2.43. The fourth-order valence-electron chi connectivity index (χ4n) is 0.992. The van der Waals surface area contributed by atoms with Gasteiger partial charge in [-0.15, -0.1) is 0 Å². The van der Waals surface area contributed by atoms with Gasteiger partial charge in [0, 0.05) is 7.05 Å². The molecule has 0 aromatic heterocycles. The molecular formula is C10H15N3O. The summed E-state index contributed by atoms with van der Waals surface area (Å²) in [5.74, 6) is 0.867. The Morgan fingerprint density at radius 1 is 1.36 bits per heavy atom. The zero-order valence-electron chi connectivity index (χ0n) is 8.45. The van der Waals surface area contributed by atoms with Crippen molar-refractivity contribution in [2.75, 3.05) is 14.2 Å². The second-order valence-corrected chi connectivity index (χ2v) is 2.71. The average Bonchev–Trinajstić information content (AvgIpc) is 2.25. The van der Waals surface area contributed by atoms with Crippen molar-refractivity contribution in [1.29, 1.82) is 0 Å². The number of nitrogens with one attached hydrogen (secondary N) is 2. The van der Waals surface area contributed by atoms with E-state index in [1.54, 1.807) is 20.5 Å². The molecule has 4 nitrogen and oxygen atoms in total. The van der Waals surface area contributed by atoms with Gasteiger partial charge in [0.05, 0.1) is 20.0 Å². The van der Waals surface area contributed by atoms with E-state index in [0.717, 1.165) is 11.3 Å². The molecule has 1 aromatic rings. The summed E-state index contributed by atoms with van der Waals surface area (Å²) in [6.07, 6.45) is 1.63. The summed E-state index contributed by atoms with van der Waals surface area (Å²) in [5.41, 5.74) is 6.68. The number of hydrogen-bond donors (Lipinski definition) is 2. The van der Waals surface area contributed by atoms with Crippen LogP contribution in [0.2, 0.25) is 0 Å². The minimum atomic E-state index is 0.665. The van der Waals surface area contributed by atoms with Crippen molar-refractivity contribution < 1.29 is 4.74 Å². The Morgan fingerprint density at radius 2 is 2.07 bits per heavy atom. The third kappa shape index (κ3) is 3.45. The summed E-state index contributed by atoms with van der Waals surface area (Å²) in [4.78, 5) is 4.15. The van der Waals surface area contributed by atoms with E-state index >= 15 is 0 Å². The first-order valence-electron chi connectivity index (χ1n) is 4.40. The van der Waals surface area contributed by atoms with E-state index in [0.29, 0.717) is 6.54 Å². The fraction of sp³-hybridized carbons (Fsp3) is 0.300. The zero-order valence-corrected chi connectivity index (χ0v) is 8.45. The van der Waals surface area contributed by atoms with Gasteiger partial charge in [0.15, 0.2) is 0 Å². The number of methoxy groups -OCH3 is 1. The summed E-state index contributed by atoms with van der Waals surface area (Å²) in [5, 5.41) is 0. The SMILES string of the molecule is CNNC=NCc1ccc(OC)cc1. The first-order valence-corrected chi connectivity index (χ1v) is 4.40. The normalized spacial score (nSPS) is 10.4. The molecule has 0 radical (unpaired) electrons. The van der Waals surface area contributed by atoms with E-state index < -0.39 is 0 Å². The van der Waals surface area contributed by atoms with E-state index in [-0.39, 0.29) is 0 Å². The van der Waals surface area contributed by atoms with Gasteiger partial charge in [0.1, 0.15) is 5.75 Å². The first kappa shape index (κ1) is 10.5. The summed E-state index contributed by atoms with van der Waals surface area (Å²) >= 11 is 0. The molecule has 14 heavy (non-hydrogen) atoms. The Morgan fingerprint density at radius 3 is 2.64 bits per heavy atom. The minimum Gasteiger partial charge on any atom is -0.497 e. The van der Waals surface area contributed by atoms with Gasteiger partial charge in [0.2, 0.25) is 0 Å². The van der Waals surface area contributed by atoms with Crippen LogP contribution in [-0.2, 0) is 6.54 Å². The van der Waals surface area contributed by atoms with Crippen molar-refractivity contribution in [1.82, 2.24) is 10.9 Å². The second-order valence-electron chi connectivity index (χ2n) is 2.71. The maximum atomic E-state index is 5.05. The summed E-state index contributed by atoms with van der Waals surface area (Å²) in [6, 6.07) is 7.85. The van der Waals surface area contributed by atoms with E-state index in [4.69, 9.17) is 4.74 Å². The lowest BCUT2D eigenvalue weighted by atomic mass is 10.2. The largest absolute Gasteiger partial charge is 0.497 e. The molecular weight excluding hydrogens is 178 g/mol. The fourth-order valence-corrected chi connectivity index (χ4v) is 0.992. The van der Waals surface area contributed by atoms with E-state index in [9.17, 15) is 0 Å². The van der Waals surface area contributed by atoms with E-state index in [1.807, 2.05) is 24.3 Å². The third-order valence-electron chi connectivity index (χ3n) is 1.73. The van der Waals surface area contributed by atoms with Gasteiger partial charge >= 0.3 is 0 Å². The molecule has 76 valence electrons. The van der Waals surface area contributed by atoms with Crippen molar-refractivity contribution >= 4 is 6.34 Å². The molecule has 0 aliphatic carbocycles. The van der Waals surface area contributed by atoms with Crippen molar-refractivity contribution in [3.63, 3.8) is 0 Å². The molecule has 0 saturated heterocycles. The van der Waals surface area contributed by atoms with Crippen molar-refractivity contribution in [3.05, 3.63) is 29.8 Å².